The Kier molecular flexibility index (Phi) is 8.05. The van der Waals surface area contributed by atoms with Gasteiger partial charge in [-0.2, -0.15) is 0 Å². The van der Waals surface area contributed by atoms with Crippen molar-refractivity contribution in [2.75, 3.05) is 38.0 Å². The Hall–Kier alpha value is -4.05. The second kappa shape index (κ2) is 11.7. The van der Waals surface area contributed by atoms with Crippen molar-refractivity contribution in [3.05, 3.63) is 133 Å². The molecule has 2 nitrogen and oxygen atoms in total. The lowest BCUT2D eigenvalue weighted by Crippen LogP contribution is -2.86. The minimum Gasteiger partial charge on any atom is -0.377 e. The van der Waals surface area contributed by atoms with Crippen molar-refractivity contribution >= 4 is 76.6 Å². The lowest BCUT2D eigenvalue weighted by Gasteiger charge is -2.46. The molecule has 45 heavy (non-hydrogen) atoms. The van der Waals surface area contributed by atoms with Gasteiger partial charge in [-0.1, -0.05) is 134 Å². The standard InChI is InChI=1S/C38H40F2N2Si3/c1-41(2)33-25-13-17-29-19-15-27-35(37(29)33)44(39,31-21-9-7-10-22-31)43(5,6)45(40,32-23-11-8-12-24-32)36-28-16-20-30-18-14-26-34(38(30)36)42(3)4/h7-28H,1-6H3. The number of anilines is 2. The van der Waals surface area contributed by atoms with Crippen LogP contribution in [-0.2, 0) is 0 Å². The van der Waals surface area contributed by atoms with Crippen molar-refractivity contribution in [3.63, 3.8) is 0 Å². The van der Waals surface area contributed by atoms with E-state index in [1.807, 2.05) is 185 Å². The van der Waals surface area contributed by atoms with E-state index in [-0.39, 0.29) is 0 Å². The first-order valence-electron chi connectivity index (χ1n) is 15.4. The number of fused-ring (bicyclic) bond motifs is 2. The van der Waals surface area contributed by atoms with E-state index < -0.39 is 23.0 Å². The minimum atomic E-state index is -4.32. The maximum atomic E-state index is 19.7. The van der Waals surface area contributed by atoms with Crippen LogP contribution in [0.15, 0.2) is 133 Å². The molecule has 0 amide bonds. The van der Waals surface area contributed by atoms with Gasteiger partial charge >= 0.3 is 0 Å². The molecule has 6 aromatic rings. The van der Waals surface area contributed by atoms with E-state index in [9.17, 15) is 0 Å². The minimum absolute atomic E-state index is 0.640. The van der Waals surface area contributed by atoms with Gasteiger partial charge in [0.2, 0.25) is 0 Å². The van der Waals surface area contributed by atoms with Gasteiger partial charge < -0.3 is 18.0 Å². The largest absolute Gasteiger partial charge is 0.377 e. The summed E-state index contributed by atoms with van der Waals surface area (Å²) in [5, 5.41) is 6.35. The van der Waals surface area contributed by atoms with Crippen LogP contribution in [0.4, 0.5) is 19.6 Å². The lowest BCUT2D eigenvalue weighted by atomic mass is 10.1. The summed E-state index contributed by atoms with van der Waals surface area (Å²) in [6.45, 7) is 4.03. The van der Waals surface area contributed by atoms with Gasteiger partial charge in [-0.3, -0.25) is 0 Å². The van der Waals surface area contributed by atoms with Crippen LogP contribution in [0.25, 0.3) is 21.5 Å². The van der Waals surface area contributed by atoms with Gasteiger partial charge in [0, 0.05) is 50.3 Å². The van der Waals surface area contributed by atoms with Crippen LogP contribution in [0.2, 0.25) is 13.1 Å². The summed E-state index contributed by atoms with van der Waals surface area (Å²) < 4.78 is 39.4. The first kappa shape index (κ1) is 31.0. The molecule has 7 heteroatoms. The quantitative estimate of drug-likeness (QED) is 0.133. The molecule has 2 atom stereocenters. The highest BCUT2D eigenvalue weighted by molar-refractivity contribution is 7.76. The molecule has 0 saturated carbocycles. The molecular weight excluding hydrogens is 607 g/mol. The van der Waals surface area contributed by atoms with Crippen LogP contribution >= 0.6 is 0 Å². The molecule has 6 aromatic carbocycles. The summed E-state index contributed by atoms with van der Waals surface area (Å²) in [5.74, 6) is 0. The third kappa shape index (κ3) is 4.76. The fourth-order valence-corrected chi connectivity index (χ4v) is 35.7. The molecule has 0 fully saturated rings. The fraction of sp³-hybridized carbons (Fsp3) is 0.158. The molecule has 0 N–H and O–H groups in total. The van der Waals surface area contributed by atoms with E-state index >= 15 is 8.22 Å². The zero-order valence-corrected chi connectivity index (χ0v) is 29.9. The highest BCUT2D eigenvalue weighted by Crippen LogP contribution is 2.37. The third-order valence-electron chi connectivity index (χ3n) is 9.54. The van der Waals surface area contributed by atoms with Crippen molar-refractivity contribution < 1.29 is 8.22 Å². The highest BCUT2D eigenvalue weighted by atomic mass is 29.7. The van der Waals surface area contributed by atoms with Gasteiger partial charge in [-0.15, -0.1) is 0 Å². The van der Waals surface area contributed by atoms with E-state index in [0.29, 0.717) is 20.7 Å². The van der Waals surface area contributed by atoms with E-state index in [1.54, 1.807) is 0 Å². The molecule has 0 heterocycles. The van der Waals surface area contributed by atoms with Crippen molar-refractivity contribution in [2.45, 2.75) is 13.1 Å². The molecule has 0 bridgehead atoms. The van der Waals surface area contributed by atoms with Gasteiger partial charge in [0.1, 0.15) is 7.11 Å². The van der Waals surface area contributed by atoms with Crippen molar-refractivity contribution in [1.82, 2.24) is 0 Å². The van der Waals surface area contributed by atoms with Gasteiger partial charge in [-0.05, 0) is 43.7 Å². The third-order valence-corrected chi connectivity index (χ3v) is 37.4. The maximum absolute atomic E-state index is 19.7. The van der Waals surface area contributed by atoms with Crippen LogP contribution in [0, 0.1) is 0 Å². The molecule has 0 aliphatic heterocycles. The molecular formula is C38H40F2N2Si3. The average molecular weight is 647 g/mol. The van der Waals surface area contributed by atoms with E-state index in [2.05, 4.69) is 0 Å². The van der Waals surface area contributed by atoms with Gasteiger partial charge in [0.05, 0.1) is 0 Å². The Labute approximate surface area is 268 Å². The molecule has 2 unspecified atom stereocenters. The van der Waals surface area contributed by atoms with Crippen LogP contribution in [0.5, 0.6) is 0 Å². The normalized spacial score (nSPS) is 14.6. The Bertz CT molecular complexity index is 1830. The van der Waals surface area contributed by atoms with Crippen LogP contribution < -0.4 is 30.5 Å². The number of nitrogens with zero attached hydrogens (tertiary/aromatic N) is 2. The van der Waals surface area contributed by atoms with E-state index in [0.717, 1.165) is 32.9 Å². The number of hydrogen-bond acceptors (Lipinski definition) is 2. The average Bonchev–Trinajstić information content (AvgIpc) is 3.06. The Morgan fingerprint density at radius 2 is 0.756 bits per heavy atom. The predicted octanol–water partition coefficient (Wildman–Crippen LogP) is 6.75. The van der Waals surface area contributed by atoms with E-state index in [1.165, 1.54) is 0 Å². The molecule has 0 aliphatic carbocycles. The smallest absolute Gasteiger partial charge is 0.294 e. The summed E-state index contributed by atoms with van der Waals surface area (Å²) >= 11 is 0. The summed E-state index contributed by atoms with van der Waals surface area (Å²) in [6.07, 6.45) is 0. The van der Waals surface area contributed by atoms with Gasteiger partial charge in [0.15, 0.2) is 0 Å². The predicted molar refractivity (Wildman–Crippen MR) is 199 cm³/mol. The monoisotopic (exact) mass is 646 g/mol. The van der Waals surface area contributed by atoms with Crippen LogP contribution in [-0.4, -0.2) is 51.2 Å². The highest BCUT2D eigenvalue weighted by Gasteiger charge is 2.69. The maximum Gasteiger partial charge on any atom is 0.294 e. The second-order valence-electron chi connectivity index (χ2n) is 12.8. The SMILES string of the molecule is CN(C)c1cccc2cccc([Si](F)(c3ccccc3)[Si](C)(C)[Si](F)(c3ccccc3)c3cccc4cccc(N(C)C)c34)c12. The Morgan fingerprint density at radius 3 is 1.09 bits per heavy atom. The fourth-order valence-electron chi connectivity index (χ4n) is 7.24. The molecule has 0 radical (unpaired) electrons. The number of benzene rings is 6. The Morgan fingerprint density at radius 1 is 0.422 bits per heavy atom. The molecule has 0 saturated heterocycles. The van der Waals surface area contributed by atoms with Crippen LogP contribution in [0.1, 0.15) is 0 Å². The van der Waals surface area contributed by atoms with Gasteiger partial charge in [0.25, 0.3) is 15.9 Å². The number of rotatable bonds is 8. The first-order chi connectivity index (χ1) is 21.5. The van der Waals surface area contributed by atoms with Crippen molar-refractivity contribution in [3.8, 4) is 0 Å². The number of halogens is 2. The topological polar surface area (TPSA) is 6.48 Å². The first-order valence-corrected chi connectivity index (χ1v) is 24.2. The van der Waals surface area contributed by atoms with Crippen molar-refractivity contribution in [2.24, 2.45) is 0 Å². The molecule has 6 rings (SSSR count). The molecule has 0 aromatic heterocycles. The Balaban J connectivity index is 1.79. The molecule has 228 valence electrons. The summed E-state index contributed by atoms with van der Waals surface area (Å²) in [6, 6.07) is 43.3. The summed E-state index contributed by atoms with van der Waals surface area (Å²) in [7, 11) is -4.27. The molecule has 0 aliphatic rings. The van der Waals surface area contributed by atoms with Gasteiger partial charge in [-0.25, -0.2) is 0 Å². The van der Waals surface area contributed by atoms with Crippen LogP contribution in [0.3, 0.4) is 0 Å². The number of hydrogen-bond donors (Lipinski definition) is 0. The lowest BCUT2D eigenvalue weighted by molar-refractivity contribution is 0.834. The second-order valence-corrected chi connectivity index (χ2v) is 34.1. The zero-order valence-electron chi connectivity index (χ0n) is 26.9. The summed E-state index contributed by atoms with van der Waals surface area (Å²) in [4.78, 5) is 4.09. The zero-order chi connectivity index (χ0) is 32.0. The molecule has 0 spiro atoms. The van der Waals surface area contributed by atoms with E-state index in [4.69, 9.17) is 0 Å². The van der Waals surface area contributed by atoms with Crippen molar-refractivity contribution in [1.29, 1.82) is 0 Å². The summed E-state index contributed by atoms with van der Waals surface area (Å²) in [5.41, 5.74) is 1.90.